The molecule has 1 amide bonds. The Bertz CT molecular complexity index is 711. The molecule has 0 fully saturated rings. The van der Waals surface area contributed by atoms with E-state index in [-0.39, 0.29) is 11.9 Å². The predicted octanol–water partition coefficient (Wildman–Crippen LogP) is 2.57. The molecule has 0 saturated heterocycles. The Labute approximate surface area is 126 Å². The number of rotatable bonds is 1. The average molecular weight is 300 g/mol. The third kappa shape index (κ3) is 2.11. The molecule has 0 saturated carbocycles. The van der Waals surface area contributed by atoms with Crippen molar-refractivity contribution < 1.29 is 4.79 Å². The van der Waals surface area contributed by atoms with Gasteiger partial charge in [-0.2, -0.15) is 0 Å². The van der Waals surface area contributed by atoms with E-state index in [4.69, 9.17) is 10.7 Å². The second kappa shape index (κ2) is 4.82. The van der Waals surface area contributed by atoms with Crippen molar-refractivity contribution in [2.75, 3.05) is 16.8 Å². The molecule has 2 heterocycles. The van der Waals surface area contributed by atoms with Crippen molar-refractivity contribution in [2.45, 2.75) is 25.3 Å². The summed E-state index contributed by atoms with van der Waals surface area (Å²) in [5.41, 5.74) is 9.01. The van der Waals surface area contributed by atoms with Crippen LogP contribution in [0.2, 0.25) is 0 Å². The summed E-state index contributed by atoms with van der Waals surface area (Å²) in [5, 5.41) is 3.78. The quantitative estimate of drug-likeness (QED) is 0.849. The van der Waals surface area contributed by atoms with Gasteiger partial charge in [0, 0.05) is 10.9 Å². The molecular weight excluding hydrogens is 284 g/mol. The van der Waals surface area contributed by atoms with E-state index in [1.807, 2.05) is 29.2 Å². The van der Waals surface area contributed by atoms with E-state index in [2.05, 4.69) is 5.32 Å². The number of fused-ring (bicyclic) bond motifs is 2. The molecule has 2 aliphatic rings. The smallest absolute Gasteiger partial charge is 0.244 e. The van der Waals surface area contributed by atoms with Crippen molar-refractivity contribution >= 4 is 33.8 Å². The van der Waals surface area contributed by atoms with Crippen molar-refractivity contribution in [1.82, 2.24) is 4.98 Å². The SMILES string of the molecule is NC1CCCc2sc(N3CC(=O)Nc4ccccc43)nc21. The summed E-state index contributed by atoms with van der Waals surface area (Å²) in [6, 6.07) is 7.86. The fourth-order valence-corrected chi connectivity index (χ4v) is 4.14. The Morgan fingerprint density at radius 3 is 3.10 bits per heavy atom. The predicted molar refractivity (Wildman–Crippen MR) is 84.1 cm³/mol. The number of anilines is 3. The molecule has 6 heteroatoms. The van der Waals surface area contributed by atoms with Crippen molar-refractivity contribution in [3.05, 3.63) is 34.8 Å². The van der Waals surface area contributed by atoms with E-state index < -0.39 is 0 Å². The molecule has 0 bridgehead atoms. The van der Waals surface area contributed by atoms with Crippen LogP contribution in [0.5, 0.6) is 0 Å². The Kier molecular flexibility index (Phi) is 2.94. The zero-order valence-electron chi connectivity index (χ0n) is 11.5. The minimum Gasteiger partial charge on any atom is -0.323 e. The second-order valence-corrected chi connectivity index (χ2v) is 6.52. The van der Waals surface area contributed by atoms with Crippen LogP contribution in [0.1, 0.15) is 29.5 Å². The number of hydrogen-bond acceptors (Lipinski definition) is 5. The highest BCUT2D eigenvalue weighted by molar-refractivity contribution is 7.15. The molecule has 1 unspecified atom stereocenters. The van der Waals surface area contributed by atoms with Crippen molar-refractivity contribution in [3.63, 3.8) is 0 Å². The van der Waals surface area contributed by atoms with Crippen molar-refractivity contribution in [1.29, 1.82) is 0 Å². The Hall–Kier alpha value is -1.92. The molecule has 5 nitrogen and oxygen atoms in total. The maximum absolute atomic E-state index is 11.9. The number of nitrogens with zero attached hydrogens (tertiary/aromatic N) is 2. The van der Waals surface area contributed by atoms with Crippen LogP contribution >= 0.6 is 11.3 Å². The van der Waals surface area contributed by atoms with Gasteiger partial charge in [-0.05, 0) is 31.4 Å². The van der Waals surface area contributed by atoms with Crippen LogP contribution in [-0.4, -0.2) is 17.4 Å². The lowest BCUT2D eigenvalue weighted by Gasteiger charge is -2.28. The number of benzene rings is 1. The van der Waals surface area contributed by atoms with Crippen LogP contribution < -0.4 is 16.0 Å². The van der Waals surface area contributed by atoms with Crippen LogP contribution in [-0.2, 0) is 11.2 Å². The van der Waals surface area contributed by atoms with Gasteiger partial charge in [0.2, 0.25) is 5.91 Å². The molecule has 0 radical (unpaired) electrons. The number of aromatic nitrogens is 1. The van der Waals surface area contributed by atoms with E-state index in [0.717, 1.165) is 41.5 Å². The molecule has 108 valence electrons. The zero-order valence-corrected chi connectivity index (χ0v) is 12.3. The summed E-state index contributed by atoms with van der Waals surface area (Å²) >= 11 is 1.67. The summed E-state index contributed by atoms with van der Waals surface area (Å²) in [5.74, 6) is -0.00818. The molecule has 0 spiro atoms. The van der Waals surface area contributed by atoms with Crippen molar-refractivity contribution in [2.24, 2.45) is 5.73 Å². The van der Waals surface area contributed by atoms with Gasteiger partial charge in [-0.25, -0.2) is 4.98 Å². The van der Waals surface area contributed by atoms with Gasteiger partial charge in [-0.3, -0.25) is 4.79 Å². The number of nitrogens with one attached hydrogen (secondary N) is 1. The average Bonchev–Trinajstić information content (AvgIpc) is 2.92. The fourth-order valence-electron chi connectivity index (χ4n) is 2.96. The Balaban J connectivity index is 1.79. The second-order valence-electron chi connectivity index (χ2n) is 5.46. The molecule has 21 heavy (non-hydrogen) atoms. The third-order valence-electron chi connectivity index (χ3n) is 3.99. The minimum absolute atomic E-state index is 0.00818. The van der Waals surface area contributed by atoms with Crippen LogP contribution in [0.4, 0.5) is 16.5 Å². The number of nitrogens with two attached hydrogens (primary N) is 1. The van der Waals surface area contributed by atoms with Crippen LogP contribution in [0.3, 0.4) is 0 Å². The first-order chi connectivity index (χ1) is 10.2. The first-order valence-electron chi connectivity index (χ1n) is 7.14. The minimum atomic E-state index is -0.00818. The van der Waals surface area contributed by atoms with Gasteiger partial charge in [0.1, 0.15) is 6.54 Å². The molecule has 2 aromatic rings. The van der Waals surface area contributed by atoms with E-state index in [1.54, 1.807) is 11.3 Å². The maximum atomic E-state index is 11.9. The van der Waals surface area contributed by atoms with Crippen LogP contribution in [0, 0.1) is 0 Å². The number of carbonyl (C=O) groups excluding carboxylic acids is 1. The normalized spacial score (nSPS) is 20.7. The summed E-state index contributed by atoms with van der Waals surface area (Å²) < 4.78 is 0. The largest absolute Gasteiger partial charge is 0.323 e. The summed E-state index contributed by atoms with van der Waals surface area (Å²) in [6.07, 6.45) is 3.16. The van der Waals surface area contributed by atoms with Gasteiger partial charge in [-0.1, -0.05) is 12.1 Å². The summed E-state index contributed by atoms with van der Waals surface area (Å²) in [6.45, 7) is 0.304. The molecule has 1 aromatic heterocycles. The van der Waals surface area contributed by atoms with E-state index >= 15 is 0 Å². The van der Waals surface area contributed by atoms with Crippen LogP contribution in [0.25, 0.3) is 0 Å². The summed E-state index contributed by atoms with van der Waals surface area (Å²) in [7, 11) is 0. The lowest BCUT2D eigenvalue weighted by atomic mass is 9.99. The lowest BCUT2D eigenvalue weighted by Crippen LogP contribution is -2.34. The molecular formula is C15H16N4OS. The fraction of sp³-hybridized carbons (Fsp3) is 0.333. The lowest BCUT2D eigenvalue weighted by molar-refractivity contribution is -0.115. The van der Waals surface area contributed by atoms with Gasteiger partial charge in [-0.15, -0.1) is 11.3 Å². The monoisotopic (exact) mass is 300 g/mol. The van der Waals surface area contributed by atoms with Gasteiger partial charge < -0.3 is 16.0 Å². The van der Waals surface area contributed by atoms with Gasteiger partial charge in [0.25, 0.3) is 0 Å². The van der Waals surface area contributed by atoms with E-state index in [0.29, 0.717) is 6.54 Å². The number of thiazole rings is 1. The number of amides is 1. The highest BCUT2D eigenvalue weighted by atomic mass is 32.1. The number of para-hydroxylation sites is 2. The van der Waals surface area contributed by atoms with E-state index in [1.165, 1.54) is 4.88 Å². The number of carbonyl (C=O) groups is 1. The van der Waals surface area contributed by atoms with Gasteiger partial charge >= 0.3 is 0 Å². The molecule has 1 aliphatic carbocycles. The standard InChI is InChI=1S/C15H16N4OS/c16-9-4-3-7-12-14(9)18-15(21-12)19-8-13(20)17-10-5-1-2-6-11(10)19/h1-2,5-6,9H,3-4,7-8,16H2,(H,17,20). The van der Waals surface area contributed by atoms with Gasteiger partial charge in [0.15, 0.2) is 5.13 Å². The highest BCUT2D eigenvalue weighted by Crippen LogP contribution is 2.41. The molecule has 3 N–H and O–H groups in total. The number of hydrogen-bond donors (Lipinski definition) is 2. The molecule has 1 aliphatic heterocycles. The van der Waals surface area contributed by atoms with E-state index in [9.17, 15) is 4.79 Å². The highest BCUT2D eigenvalue weighted by Gasteiger charge is 2.28. The van der Waals surface area contributed by atoms with Crippen molar-refractivity contribution in [3.8, 4) is 0 Å². The zero-order chi connectivity index (χ0) is 14.4. The topological polar surface area (TPSA) is 71.2 Å². The molecule has 4 rings (SSSR count). The third-order valence-corrected chi connectivity index (χ3v) is 5.14. The first-order valence-corrected chi connectivity index (χ1v) is 7.95. The Morgan fingerprint density at radius 2 is 2.24 bits per heavy atom. The summed E-state index contributed by atoms with van der Waals surface area (Å²) in [4.78, 5) is 19.9. The number of aryl methyl sites for hydroxylation is 1. The maximum Gasteiger partial charge on any atom is 0.244 e. The first kappa shape index (κ1) is 12.8. The Morgan fingerprint density at radius 1 is 1.38 bits per heavy atom. The molecule has 1 atom stereocenters. The molecule has 1 aromatic carbocycles. The van der Waals surface area contributed by atoms with Gasteiger partial charge in [0.05, 0.1) is 17.1 Å². The van der Waals surface area contributed by atoms with Crippen LogP contribution in [0.15, 0.2) is 24.3 Å².